The van der Waals surface area contributed by atoms with Crippen LogP contribution in [0.4, 0.5) is 0 Å². The smallest absolute Gasteiger partial charge is 0.308 e. The topological polar surface area (TPSA) is 26.3 Å². The van der Waals surface area contributed by atoms with Gasteiger partial charge in [-0.25, -0.2) is 0 Å². The minimum Gasteiger partial charge on any atom is -0.462 e. The lowest BCUT2D eigenvalue weighted by molar-refractivity contribution is -0.264. The van der Waals surface area contributed by atoms with Crippen LogP contribution in [0.3, 0.4) is 0 Å². The number of rotatable bonds is 2. The van der Waals surface area contributed by atoms with Gasteiger partial charge in [0.1, 0.15) is 6.10 Å². The van der Waals surface area contributed by atoms with Crippen LogP contribution in [0.15, 0.2) is 0 Å². The Kier molecular flexibility index (Phi) is 6.19. The molecular formula is C34H58O2. The molecule has 206 valence electrons. The largest absolute Gasteiger partial charge is 0.462 e. The number of carbonyl (C=O) groups is 1. The fourth-order valence-corrected chi connectivity index (χ4v) is 11.8. The summed E-state index contributed by atoms with van der Waals surface area (Å²) in [5.41, 5.74) is 2.66. The van der Waals surface area contributed by atoms with Gasteiger partial charge in [0.05, 0.1) is 5.92 Å². The van der Waals surface area contributed by atoms with Crippen LogP contribution in [0.5, 0.6) is 0 Å². The van der Waals surface area contributed by atoms with Crippen LogP contribution in [-0.2, 0) is 9.53 Å². The van der Waals surface area contributed by atoms with Gasteiger partial charge in [0, 0.05) is 0 Å². The van der Waals surface area contributed by atoms with Gasteiger partial charge in [-0.1, -0.05) is 69.2 Å². The lowest BCUT2D eigenvalue weighted by atomic mass is 9.30. The van der Waals surface area contributed by atoms with Crippen LogP contribution in [0.25, 0.3) is 0 Å². The van der Waals surface area contributed by atoms with Crippen molar-refractivity contribution in [3.8, 4) is 0 Å². The fourth-order valence-electron chi connectivity index (χ4n) is 11.8. The predicted molar refractivity (Wildman–Crippen MR) is 149 cm³/mol. The molecule has 0 heterocycles. The highest BCUT2D eigenvalue weighted by Gasteiger charge is 2.70. The Bertz CT molecular complexity index is 890. The SMILES string of the molecule is CC(C)C(=O)OC1CCC2C(C)(CCC3C2(C)CCC2(C)C4CC(C)(C)CCC4(C)CCC32C)C1C. The molecular weight excluding hydrogens is 440 g/mol. The lowest BCUT2D eigenvalue weighted by Gasteiger charge is -2.75. The molecule has 5 aliphatic rings. The van der Waals surface area contributed by atoms with Crippen molar-refractivity contribution >= 4 is 5.97 Å². The van der Waals surface area contributed by atoms with Crippen molar-refractivity contribution in [3.05, 3.63) is 0 Å². The Morgan fingerprint density at radius 1 is 0.694 bits per heavy atom. The lowest BCUT2D eigenvalue weighted by Crippen LogP contribution is -2.68. The molecule has 36 heavy (non-hydrogen) atoms. The summed E-state index contributed by atoms with van der Waals surface area (Å²) in [6, 6.07) is 0. The van der Waals surface area contributed by atoms with Crippen LogP contribution in [0, 0.1) is 62.1 Å². The maximum Gasteiger partial charge on any atom is 0.308 e. The zero-order valence-corrected chi connectivity index (χ0v) is 25.6. The highest BCUT2D eigenvalue weighted by molar-refractivity contribution is 5.71. The summed E-state index contributed by atoms with van der Waals surface area (Å²) in [5.74, 6) is 2.87. The van der Waals surface area contributed by atoms with E-state index >= 15 is 0 Å². The summed E-state index contributed by atoms with van der Waals surface area (Å²) < 4.78 is 6.12. The van der Waals surface area contributed by atoms with Crippen molar-refractivity contribution in [2.45, 2.75) is 146 Å². The summed E-state index contributed by atoms with van der Waals surface area (Å²) in [7, 11) is 0. The second-order valence-electron chi connectivity index (χ2n) is 17.1. The first kappa shape index (κ1) is 27.1. The number of fused-ring (bicyclic) bond motifs is 7. The predicted octanol–water partition coefficient (Wildman–Crippen LogP) is 9.46. The first-order valence-electron chi connectivity index (χ1n) is 15.7. The summed E-state index contributed by atoms with van der Waals surface area (Å²) in [4.78, 5) is 12.5. The summed E-state index contributed by atoms with van der Waals surface area (Å²) in [5, 5.41) is 0. The Morgan fingerprint density at radius 2 is 1.31 bits per heavy atom. The number of hydrogen-bond acceptors (Lipinski definition) is 2. The molecule has 0 aromatic carbocycles. The maximum atomic E-state index is 12.5. The molecule has 10 atom stereocenters. The third-order valence-corrected chi connectivity index (χ3v) is 14.6. The molecule has 5 fully saturated rings. The number of hydrogen-bond donors (Lipinski definition) is 0. The van der Waals surface area contributed by atoms with E-state index in [-0.39, 0.29) is 23.4 Å². The van der Waals surface area contributed by atoms with E-state index in [0.717, 1.165) is 24.2 Å². The van der Waals surface area contributed by atoms with Gasteiger partial charge in [-0.15, -0.1) is 0 Å². The molecule has 5 aliphatic carbocycles. The van der Waals surface area contributed by atoms with Crippen LogP contribution in [-0.4, -0.2) is 12.1 Å². The molecule has 0 radical (unpaired) electrons. The second-order valence-corrected chi connectivity index (χ2v) is 17.1. The van der Waals surface area contributed by atoms with Gasteiger partial charge in [-0.2, -0.15) is 0 Å². The first-order valence-corrected chi connectivity index (χ1v) is 15.7. The summed E-state index contributed by atoms with van der Waals surface area (Å²) in [6.45, 7) is 24.9. The van der Waals surface area contributed by atoms with Crippen molar-refractivity contribution in [1.82, 2.24) is 0 Å². The van der Waals surface area contributed by atoms with Crippen molar-refractivity contribution in [2.24, 2.45) is 62.1 Å². The van der Waals surface area contributed by atoms with Crippen LogP contribution >= 0.6 is 0 Å². The van der Waals surface area contributed by atoms with Crippen molar-refractivity contribution < 1.29 is 9.53 Å². The zero-order valence-electron chi connectivity index (χ0n) is 25.6. The van der Waals surface area contributed by atoms with Gasteiger partial charge in [-0.3, -0.25) is 4.79 Å². The molecule has 0 amide bonds. The zero-order chi connectivity index (χ0) is 26.5. The van der Waals surface area contributed by atoms with Gasteiger partial charge < -0.3 is 4.74 Å². The number of carbonyl (C=O) groups excluding carboxylic acids is 1. The normalized spacial score (nSPS) is 54.0. The molecule has 5 saturated carbocycles. The van der Waals surface area contributed by atoms with E-state index in [1.54, 1.807) is 0 Å². The van der Waals surface area contributed by atoms with Gasteiger partial charge in [0.25, 0.3) is 0 Å². The number of ether oxygens (including phenoxy) is 1. The van der Waals surface area contributed by atoms with E-state index < -0.39 is 0 Å². The van der Waals surface area contributed by atoms with Gasteiger partial charge >= 0.3 is 5.97 Å². The average molecular weight is 499 g/mol. The van der Waals surface area contributed by atoms with Crippen LogP contribution in [0.2, 0.25) is 0 Å². The Balaban J connectivity index is 1.45. The van der Waals surface area contributed by atoms with E-state index in [9.17, 15) is 4.79 Å². The van der Waals surface area contributed by atoms with E-state index in [1.165, 1.54) is 64.2 Å². The van der Waals surface area contributed by atoms with Crippen molar-refractivity contribution in [2.75, 3.05) is 0 Å². The molecule has 2 nitrogen and oxygen atoms in total. The fraction of sp³-hybridized carbons (Fsp3) is 0.971. The minimum atomic E-state index is -0.0336. The average Bonchev–Trinajstić information content (AvgIpc) is 2.79. The highest BCUT2D eigenvalue weighted by Crippen LogP contribution is 2.78. The van der Waals surface area contributed by atoms with E-state index in [1.807, 2.05) is 13.8 Å². The Hall–Kier alpha value is -0.530. The maximum absolute atomic E-state index is 12.5. The Labute approximate surface area is 223 Å². The van der Waals surface area contributed by atoms with Gasteiger partial charge in [0.2, 0.25) is 0 Å². The molecule has 0 saturated heterocycles. The summed E-state index contributed by atoms with van der Waals surface area (Å²) in [6.07, 6.45) is 15.1. The molecule has 2 heteroatoms. The standard InChI is InChI=1S/C34H58O2/c1-22(2)28(35)36-24-11-12-25-31(7,23(24)3)14-13-26-32(25,8)18-20-34(10)27-21-29(4,5)15-16-30(27,6)17-19-33(26,34)9/h22-27H,11-21H2,1-10H3. The first-order chi connectivity index (χ1) is 16.5. The third kappa shape index (κ3) is 3.57. The molecule has 10 unspecified atom stereocenters. The Morgan fingerprint density at radius 3 is 1.97 bits per heavy atom. The minimum absolute atomic E-state index is 0.00426. The van der Waals surface area contributed by atoms with E-state index in [0.29, 0.717) is 33.0 Å². The van der Waals surface area contributed by atoms with Crippen molar-refractivity contribution in [3.63, 3.8) is 0 Å². The molecule has 0 aromatic rings. The van der Waals surface area contributed by atoms with E-state index in [2.05, 4.69) is 55.4 Å². The van der Waals surface area contributed by atoms with Gasteiger partial charge in [-0.05, 0) is 127 Å². The third-order valence-electron chi connectivity index (χ3n) is 14.6. The molecule has 0 aliphatic heterocycles. The molecule has 5 rings (SSSR count). The highest BCUT2D eigenvalue weighted by atomic mass is 16.5. The van der Waals surface area contributed by atoms with Gasteiger partial charge in [0.15, 0.2) is 0 Å². The monoisotopic (exact) mass is 498 g/mol. The molecule has 0 spiro atoms. The summed E-state index contributed by atoms with van der Waals surface area (Å²) >= 11 is 0. The molecule has 0 aromatic heterocycles. The van der Waals surface area contributed by atoms with Crippen LogP contribution < -0.4 is 0 Å². The number of esters is 1. The quantitative estimate of drug-likeness (QED) is 0.354. The second kappa shape index (κ2) is 8.24. The van der Waals surface area contributed by atoms with E-state index in [4.69, 9.17) is 4.74 Å². The van der Waals surface area contributed by atoms with Crippen LogP contribution in [0.1, 0.15) is 140 Å². The molecule has 0 bridgehead atoms. The van der Waals surface area contributed by atoms with Crippen molar-refractivity contribution in [1.29, 1.82) is 0 Å². The molecule has 0 N–H and O–H groups in total.